The molecule has 1 aromatic rings. The molecule has 1 unspecified atom stereocenters. The van der Waals surface area contributed by atoms with Crippen molar-refractivity contribution in [1.82, 2.24) is 4.72 Å². The second-order valence-corrected chi connectivity index (χ2v) is 5.75. The molecule has 1 rings (SSSR count). The van der Waals surface area contributed by atoms with Gasteiger partial charge in [0.15, 0.2) is 0 Å². The van der Waals surface area contributed by atoms with E-state index in [0.717, 1.165) is 6.07 Å². The van der Waals surface area contributed by atoms with E-state index >= 15 is 0 Å². The number of nitrogens with two attached hydrogens (primary N) is 1. The lowest BCUT2D eigenvalue weighted by Crippen LogP contribution is -2.27. The van der Waals surface area contributed by atoms with E-state index in [0.29, 0.717) is 12.8 Å². The Kier molecular flexibility index (Phi) is 5.06. The Morgan fingerprint density at radius 1 is 1.50 bits per heavy atom. The molecule has 1 aromatic carbocycles. The van der Waals surface area contributed by atoms with Crippen LogP contribution in [-0.2, 0) is 10.0 Å². The van der Waals surface area contributed by atoms with Gasteiger partial charge in [-0.25, -0.2) is 17.5 Å². The SMILES string of the molecule is CC(O)CCCNS(=O)(=O)c1c(N)cccc1F. The van der Waals surface area contributed by atoms with Crippen LogP contribution in [-0.4, -0.2) is 26.2 Å². The summed E-state index contributed by atoms with van der Waals surface area (Å²) in [6.45, 7) is 1.74. The predicted octanol–water partition coefficient (Wildman–Crippen LogP) is 0.847. The Bertz CT molecular complexity index is 483. The fraction of sp³-hybridized carbons (Fsp3) is 0.455. The fourth-order valence-electron chi connectivity index (χ4n) is 1.49. The highest BCUT2D eigenvalue weighted by molar-refractivity contribution is 7.89. The number of halogens is 1. The van der Waals surface area contributed by atoms with Gasteiger partial charge in [0.05, 0.1) is 11.8 Å². The molecule has 0 saturated carbocycles. The van der Waals surface area contributed by atoms with Crippen LogP contribution < -0.4 is 10.5 Å². The molecule has 0 radical (unpaired) electrons. The number of benzene rings is 1. The van der Waals surface area contributed by atoms with Crippen molar-refractivity contribution in [2.45, 2.75) is 30.8 Å². The summed E-state index contributed by atoms with van der Waals surface area (Å²) < 4.78 is 39.3. The molecule has 0 spiro atoms. The Labute approximate surface area is 106 Å². The molecule has 0 aliphatic heterocycles. The van der Waals surface area contributed by atoms with E-state index in [2.05, 4.69) is 4.72 Å². The summed E-state index contributed by atoms with van der Waals surface area (Å²) in [5, 5.41) is 9.03. The van der Waals surface area contributed by atoms with Crippen molar-refractivity contribution < 1.29 is 17.9 Å². The number of nitrogen functional groups attached to an aromatic ring is 1. The smallest absolute Gasteiger partial charge is 0.245 e. The number of aliphatic hydroxyl groups is 1. The molecule has 0 bridgehead atoms. The molecule has 0 amide bonds. The van der Waals surface area contributed by atoms with Gasteiger partial charge in [-0.05, 0) is 31.9 Å². The number of anilines is 1. The molecular formula is C11H17FN2O3S. The van der Waals surface area contributed by atoms with Crippen LogP contribution in [0.25, 0.3) is 0 Å². The summed E-state index contributed by atoms with van der Waals surface area (Å²) in [4.78, 5) is -0.526. The van der Waals surface area contributed by atoms with Gasteiger partial charge >= 0.3 is 0 Å². The molecule has 0 saturated heterocycles. The van der Waals surface area contributed by atoms with Gasteiger partial charge < -0.3 is 10.8 Å². The second kappa shape index (κ2) is 6.12. The quantitative estimate of drug-likeness (QED) is 0.530. The van der Waals surface area contributed by atoms with Crippen molar-refractivity contribution >= 4 is 15.7 Å². The van der Waals surface area contributed by atoms with Crippen molar-refractivity contribution in [3.63, 3.8) is 0 Å². The van der Waals surface area contributed by atoms with Gasteiger partial charge in [0.1, 0.15) is 10.7 Å². The number of nitrogens with one attached hydrogen (secondary N) is 1. The van der Waals surface area contributed by atoms with Gasteiger partial charge in [0.2, 0.25) is 10.0 Å². The molecule has 0 fully saturated rings. The van der Waals surface area contributed by atoms with Crippen molar-refractivity contribution in [1.29, 1.82) is 0 Å². The Morgan fingerprint density at radius 2 is 2.17 bits per heavy atom. The Morgan fingerprint density at radius 3 is 2.72 bits per heavy atom. The third-order valence-corrected chi connectivity index (χ3v) is 3.91. The molecule has 7 heteroatoms. The van der Waals surface area contributed by atoms with E-state index in [9.17, 15) is 12.8 Å². The van der Waals surface area contributed by atoms with Gasteiger partial charge in [-0.1, -0.05) is 6.07 Å². The van der Waals surface area contributed by atoms with Crippen LogP contribution in [0, 0.1) is 5.82 Å². The van der Waals surface area contributed by atoms with E-state index < -0.39 is 26.8 Å². The van der Waals surface area contributed by atoms with Crippen LogP contribution in [0.4, 0.5) is 10.1 Å². The highest BCUT2D eigenvalue weighted by Gasteiger charge is 2.21. The molecule has 0 aliphatic rings. The number of aliphatic hydroxyl groups excluding tert-OH is 1. The van der Waals surface area contributed by atoms with Crippen LogP contribution >= 0.6 is 0 Å². The molecule has 4 N–H and O–H groups in total. The number of rotatable bonds is 6. The number of hydrogen-bond acceptors (Lipinski definition) is 4. The standard InChI is InChI=1S/C11H17FN2O3S/c1-8(15)4-3-7-14-18(16,17)11-9(12)5-2-6-10(11)13/h2,5-6,8,14-15H,3-4,7,13H2,1H3. The molecule has 18 heavy (non-hydrogen) atoms. The fourth-order valence-corrected chi connectivity index (χ4v) is 2.75. The minimum Gasteiger partial charge on any atom is -0.398 e. The zero-order valence-electron chi connectivity index (χ0n) is 10.1. The van der Waals surface area contributed by atoms with E-state index in [1.807, 2.05) is 0 Å². The summed E-state index contributed by atoms with van der Waals surface area (Å²) in [6.07, 6.45) is 0.439. The van der Waals surface area contributed by atoms with Crippen LogP contribution in [0.5, 0.6) is 0 Å². The first-order chi connectivity index (χ1) is 8.34. The summed E-state index contributed by atoms with van der Waals surface area (Å²) in [5.74, 6) is -0.877. The third kappa shape index (κ3) is 3.94. The molecule has 0 heterocycles. The monoisotopic (exact) mass is 276 g/mol. The molecular weight excluding hydrogens is 259 g/mol. The Hall–Kier alpha value is -1.18. The molecule has 1 atom stereocenters. The van der Waals surface area contributed by atoms with E-state index in [-0.39, 0.29) is 12.2 Å². The highest BCUT2D eigenvalue weighted by Crippen LogP contribution is 2.21. The normalized spacial score (nSPS) is 13.5. The molecule has 102 valence electrons. The average molecular weight is 276 g/mol. The van der Waals surface area contributed by atoms with Gasteiger partial charge in [-0.3, -0.25) is 0 Å². The van der Waals surface area contributed by atoms with Crippen molar-refractivity contribution in [2.75, 3.05) is 12.3 Å². The van der Waals surface area contributed by atoms with Gasteiger partial charge in [-0.15, -0.1) is 0 Å². The minimum atomic E-state index is -3.95. The summed E-state index contributed by atoms with van der Waals surface area (Å²) in [7, 11) is -3.95. The van der Waals surface area contributed by atoms with Gasteiger partial charge in [0.25, 0.3) is 0 Å². The van der Waals surface area contributed by atoms with Gasteiger partial charge in [-0.2, -0.15) is 0 Å². The first kappa shape index (κ1) is 14.9. The highest BCUT2D eigenvalue weighted by atomic mass is 32.2. The van der Waals surface area contributed by atoms with E-state index in [1.165, 1.54) is 12.1 Å². The van der Waals surface area contributed by atoms with Crippen LogP contribution in [0.2, 0.25) is 0 Å². The lowest BCUT2D eigenvalue weighted by atomic mass is 10.2. The summed E-state index contributed by atoms with van der Waals surface area (Å²) in [5.41, 5.74) is 5.33. The maximum absolute atomic E-state index is 13.4. The third-order valence-electron chi connectivity index (χ3n) is 2.36. The van der Waals surface area contributed by atoms with Crippen molar-refractivity contribution in [2.24, 2.45) is 0 Å². The lowest BCUT2D eigenvalue weighted by Gasteiger charge is -2.10. The zero-order valence-corrected chi connectivity index (χ0v) is 10.9. The van der Waals surface area contributed by atoms with Crippen LogP contribution in [0.1, 0.15) is 19.8 Å². The zero-order chi connectivity index (χ0) is 13.8. The lowest BCUT2D eigenvalue weighted by molar-refractivity contribution is 0.182. The van der Waals surface area contributed by atoms with Gasteiger partial charge in [0, 0.05) is 6.54 Å². The average Bonchev–Trinajstić information content (AvgIpc) is 2.23. The summed E-state index contributed by atoms with van der Waals surface area (Å²) >= 11 is 0. The number of sulfonamides is 1. The maximum Gasteiger partial charge on any atom is 0.245 e. The van der Waals surface area contributed by atoms with Crippen molar-refractivity contribution in [3.8, 4) is 0 Å². The maximum atomic E-state index is 13.4. The summed E-state index contributed by atoms with van der Waals surface area (Å²) in [6, 6.07) is 3.71. The molecule has 5 nitrogen and oxygen atoms in total. The second-order valence-electron chi connectivity index (χ2n) is 4.05. The van der Waals surface area contributed by atoms with Crippen molar-refractivity contribution in [3.05, 3.63) is 24.0 Å². The first-order valence-corrected chi connectivity index (χ1v) is 7.04. The van der Waals surface area contributed by atoms with Crippen LogP contribution in [0.3, 0.4) is 0 Å². The van der Waals surface area contributed by atoms with E-state index in [1.54, 1.807) is 6.92 Å². The molecule has 0 aliphatic carbocycles. The topological polar surface area (TPSA) is 92.4 Å². The minimum absolute atomic E-state index is 0.126. The first-order valence-electron chi connectivity index (χ1n) is 5.56. The predicted molar refractivity (Wildman–Crippen MR) is 66.9 cm³/mol. The Balaban J connectivity index is 2.75. The molecule has 0 aromatic heterocycles. The largest absolute Gasteiger partial charge is 0.398 e. The number of hydrogen-bond donors (Lipinski definition) is 3. The van der Waals surface area contributed by atoms with Crippen LogP contribution in [0.15, 0.2) is 23.1 Å². The van der Waals surface area contributed by atoms with E-state index in [4.69, 9.17) is 10.8 Å².